The van der Waals surface area contributed by atoms with Crippen LogP contribution in [0.4, 0.5) is 4.39 Å². The number of fused-ring (bicyclic) bond motifs is 1. The second-order valence-corrected chi connectivity index (χ2v) is 8.61. The SMILES string of the molecule is C=CCOC(=O)C1=C(C)N=C2SC=C(CC(=O)NCc3ccc(F)cc3)N2[C@@H]1c1ccccc1. The van der Waals surface area contributed by atoms with Crippen molar-refractivity contribution in [3.63, 3.8) is 0 Å². The zero-order chi connectivity index (χ0) is 24.1. The number of thioether (sulfide) groups is 1. The predicted octanol–water partition coefficient (Wildman–Crippen LogP) is 4.84. The zero-order valence-electron chi connectivity index (χ0n) is 18.7. The molecule has 2 aliphatic rings. The molecule has 1 atom stereocenters. The van der Waals surface area contributed by atoms with E-state index in [1.54, 1.807) is 19.1 Å². The van der Waals surface area contributed by atoms with Crippen LogP contribution >= 0.6 is 11.8 Å². The van der Waals surface area contributed by atoms with Gasteiger partial charge in [0.15, 0.2) is 5.17 Å². The van der Waals surface area contributed by atoms with E-state index in [0.717, 1.165) is 16.8 Å². The minimum Gasteiger partial charge on any atom is -0.458 e. The van der Waals surface area contributed by atoms with Gasteiger partial charge in [0.05, 0.1) is 23.7 Å². The first kappa shape index (κ1) is 23.5. The molecule has 0 unspecified atom stereocenters. The molecule has 6 nitrogen and oxygen atoms in total. The first-order chi connectivity index (χ1) is 16.5. The first-order valence-corrected chi connectivity index (χ1v) is 11.6. The van der Waals surface area contributed by atoms with Crippen molar-refractivity contribution >= 4 is 28.8 Å². The van der Waals surface area contributed by atoms with Crippen LogP contribution in [0, 0.1) is 5.82 Å². The molecule has 0 aromatic heterocycles. The molecule has 8 heteroatoms. The summed E-state index contributed by atoms with van der Waals surface area (Å²) in [6.45, 7) is 5.79. The van der Waals surface area contributed by atoms with Gasteiger partial charge in [0.2, 0.25) is 5.91 Å². The van der Waals surface area contributed by atoms with Gasteiger partial charge >= 0.3 is 5.97 Å². The average molecular weight is 478 g/mol. The van der Waals surface area contributed by atoms with Gasteiger partial charge in [-0.3, -0.25) is 4.79 Å². The number of carbonyl (C=O) groups is 2. The summed E-state index contributed by atoms with van der Waals surface area (Å²) in [4.78, 5) is 32.3. The normalized spacial score (nSPS) is 17.0. The van der Waals surface area contributed by atoms with E-state index in [1.807, 2.05) is 40.6 Å². The Morgan fingerprint density at radius 3 is 2.65 bits per heavy atom. The molecule has 0 aliphatic carbocycles. The topological polar surface area (TPSA) is 71.0 Å². The molecule has 2 heterocycles. The maximum absolute atomic E-state index is 13.1. The summed E-state index contributed by atoms with van der Waals surface area (Å²) in [6, 6.07) is 15.1. The lowest BCUT2D eigenvalue weighted by Crippen LogP contribution is -2.38. The van der Waals surface area contributed by atoms with E-state index in [2.05, 4.69) is 16.9 Å². The molecule has 0 radical (unpaired) electrons. The van der Waals surface area contributed by atoms with Crippen LogP contribution in [-0.4, -0.2) is 28.6 Å². The maximum atomic E-state index is 13.1. The molecule has 4 rings (SSSR count). The van der Waals surface area contributed by atoms with Crippen LogP contribution in [0.3, 0.4) is 0 Å². The standard InChI is InChI=1S/C26H24FN3O3S/c1-3-13-33-25(32)23-17(2)29-26-30(24(23)19-7-5-4-6-8-19)21(16-34-26)14-22(31)28-15-18-9-11-20(27)12-10-18/h3-12,16,24H,1,13-15H2,2H3,(H,28,31)/t24-/m1/s1. The summed E-state index contributed by atoms with van der Waals surface area (Å²) in [5.74, 6) is -0.977. The summed E-state index contributed by atoms with van der Waals surface area (Å²) in [5.41, 5.74) is 3.43. The number of esters is 1. The maximum Gasteiger partial charge on any atom is 0.338 e. The van der Waals surface area contributed by atoms with Gasteiger partial charge in [-0.15, -0.1) is 0 Å². The second kappa shape index (κ2) is 10.5. The molecule has 0 spiro atoms. The lowest BCUT2D eigenvalue weighted by Gasteiger charge is -2.36. The molecule has 174 valence electrons. The van der Waals surface area contributed by atoms with Crippen molar-refractivity contribution in [2.45, 2.75) is 25.9 Å². The van der Waals surface area contributed by atoms with Gasteiger partial charge in [0, 0.05) is 12.2 Å². The van der Waals surface area contributed by atoms with Crippen molar-refractivity contribution in [1.29, 1.82) is 0 Å². The predicted molar refractivity (Wildman–Crippen MR) is 131 cm³/mol. The van der Waals surface area contributed by atoms with Crippen LogP contribution in [-0.2, 0) is 20.9 Å². The second-order valence-electron chi connectivity index (χ2n) is 7.77. The van der Waals surface area contributed by atoms with E-state index in [0.29, 0.717) is 23.0 Å². The number of carbonyl (C=O) groups excluding carboxylic acids is 2. The van der Waals surface area contributed by atoms with Crippen molar-refractivity contribution in [2.75, 3.05) is 6.61 Å². The quantitative estimate of drug-likeness (QED) is 0.435. The fourth-order valence-electron chi connectivity index (χ4n) is 3.82. The summed E-state index contributed by atoms with van der Waals surface area (Å²) in [7, 11) is 0. The number of hydrogen-bond acceptors (Lipinski definition) is 6. The molecule has 0 fully saturated rings. The summed E-state index contributed by atoms with van der Waals surface area (Å²) < 4.78 is 18.5. The molecule has 0 bridgehead atoms. The van der Waals surface area contributed by atoms with Gasteiger partial charge in [0.25, 0.3) is 0 Å². The number of hydrogen-bond donors (Lipinski definition) is 1. The Morgan fingerprint density at radius 2 is 1.94 bits per heavy atom. The molecule has 2 aliphatic heterocycles. The van der Waals surface area contributed by atoms with Crippen molar-refractivity contribution in [1.82, 2.24) is 10.2 Å². The molecule has 2 aromatic carbocycles. The number of nitrogens with zero attached hydrogens (tertiary/aromatic N) is 2. The molecule has 0 saturated carbocycles. The highest BCUT2D eigenvalue weighted by molar-refractivity contribution is 8.16. The number of allylic oxidation sites excluding steroid dienone is 1. The fraction of sp³-hybridized carbons (Fsp3) is 0.192. The third kappa shape index (κ3) is 5.12. The van der Waals surface area contributed by atoms with E-state index >= 15 is 0 Å². The Bertz CT molecular complexity index is 1190. The summed E-state index contributed by atoms with van der Waals surface area (Å²) in [5, 5.41) is 5.46. The third-order valence-electron chi connectivity index (χ3n) is 5.41. The number of amides is 1. The highest BCUT2D eigenvalue weighted by atomic mass is 32.2. The highest BCUT2D eigenvalue weighted by Crippen LogP contribution is 2.44. The number of rotatable bonds is 8. The van der Waals surface area contributed by atoms with Crippen molar-refractivity contribution < 1.29 is 18.7 Å². The van der Waals surface area contributed by atoms with Crippen LogP contribution in [0.25, 0.3) is 0 Å². The average Bonchev–Trinajstić information content (AvgIpc) is 3.23. The number of nitrogens with one attached hydrogen (secondary N) is 1. The van der Waals surface area contributed by atoms with E-state index in [-0.39, 0.29) is 24.8 Å². The molecule has 1 amide bonds. The molecule has 1 N–H and O–H groups in total. The smallest absolute Gasteiger partial charge is 0.338 e. The molecule has 0 saturated heterocycles. The Balaban J connectivity index is 1.57. The fourth-order valence-corrected chi connectivity index (χ4v) is 4.79. The van der Waals surface area contributed by atoms with Gasteiger partial charge in [-0.2, -0.15) is 0 Å². The van der Waals surface area contributed by atoms with Gasteiger partial charge < -0.3 is 15.0 Å². The summed E-state index contributed by atoms with van der Waals surface area (Å²) in [6.07, 6.45) is 1.62. The highest BCUT2D eigenvalue weighted by Gasteiger charge is 2.41. The molecular formula is C26H24FN3O3S. The lowest BCUT2D eigenvalue weighted by atomic mass is 9.94. The summed E-state index contributed by atoms with van der Waals surface area (Å²) >= 11 is 1.42. The van der Waals surface area contributed by atoms with E-state index in [1.165, 1.54) is 30.0 Å². The molecule has 34 heavy (non-hydrogen) atoms. The van der Waals surface area contributed by atoms with Gasteiger partial charge in [-0.25, -0.2) is 14.2 Å². The number of aliphatic imine (C=N–C) groups is 1. The monoisotopic (exact) mass is 477 g/mol. The Labute approximate surface area is 201 Å². The van der Waals surface area contributed by atoms with E-state index < -0.39 is 12.0 Å². The van der Waals surface area contributed by atoms with Crippen LogP contribution in [0.5, 0.6) is 0 Å². The van der Waals surface area contributed by atoms with Crippen LogP contribution < -0.4 is 5.32 Å². The number of benzene rings is 2. The number of ether oxygens (including phenoxy) is 1. The van der Waals surface area contributed by atoms with Gasteiger partial charge in [0.1, 0.15) is 12.4 Å². The Morgan fingerprint density at radius 1 is 1.21 bits per heavy atom. The van der Waals surface area contributed by atoms with Crippen LogP contribution in [0.2, 0.25) is 0 Å². The van der Waals surface area contributed by atoms with Gasteiger partial charge in [-0.1, -0.05) is 66.9 Å². The Hall–Kier alpha value is -3.65. The number of halogens is 1. The van der Waals surface area contributed by atoms with Crippen molar-refractivity contribution in [2.24, 2.45) is 4.99 Å². The van der Waals surface area contributed by atoms with Crippen LogP contribution in [0.15, 0.2) is 94.6 Å². The minimum atomic E-state index is -0.475. The third-order valence-corrected chi connectivity index (χ3v) is 6.30. The van der Waals surface area contributed by atoms with Crippen molar-refractivity contribution in [3.8, 4) is 0 Å². The largest absolute Gasteiger partial charge is 0.458 e. The lowest BCUT2D eigenvalue weighted by molar-refractivity contribution is -0.138. The Kier molecular flexibility index (Phi) is 7.27. The first-order valence-electron chi connectivity index (χ1n) is 10.8. The van der Waals surface area contributed by atoms with Gasteiger partial charge in [-0.05, 0) is 35.6 Å². The zero-order valence-corrected chi connectivity index (χ0v) is 19.5. The van der Waals surface area contributed by atoms with Crippen LogP contribution in [0.1, 0.15) is 30.5 Å². The van der Waals surface area contributed by atoms with Crippen molar-refractivity contribution in [3.05, 3.63) is 107 Å². The molecular weight excluding hydrogens is 453 g/mol. The number of amidine groups is 1. The minimum absolute atomic E-state index is 0.0942. The van der Waals surface area contributed by atoms with E-state index in [9.17, 15) is 14.0 Å². The van der Waals surface area contributed by atoms with E-state index in [4.69, 9.17) is 4.74 Å². The molecule has 2 aromatic rings.